The fourth-order valence-corrected chi connectivity index (χ4v) is 3.79. The molecule has 3 N–H and O–H groups in total. The first-order valence-electron chi connectivity index (χ1n) is 9.20. The fourth-order valence-electron chi connectivity index (χ4n) is 3.79. The van der Waals surface area contributed by atoms with Crippen LogP contribution in [0.15, 0.2) is 30.5 Å². The maximum absolute atomic E-state index is 12.7. The van der Waals surface area contributed by atoms with E-state index in [1.807, 2.05) is 36.2 Å². The van der Waals surface area contributed by atoms with Crippen molar-refractivity contribution in [2.45, 2.75) is 25.3 Å². The lowest BCUT2D eigenvalue weighted by atomic mass is 9.90. The van der Waals surface area contributed by atoms with E-state index in [2.05, 4.69) is 26.3 Å². The second-order valence-corrected chi connectivity index (χ2v) is 7.00. The van der Waals surface area contributed by atoms with Gasteiger partial charge >= 0.3 is 6.03 Å². The van der Waals surface area contributed by atoms with Gasteiger partial charge in [-0.25, -0.2) is 4.79 Å². The number of anilines is 1. The quantitative estimate of drug-likeness (QED) is 0.778. The number of hydrogen-bond donors (Lipinski definition) is 3. The SMILES string of the molecule is Cn1nc(-c2ccccn2)cc1NC(=O)N1CCCC(C2CCNN2)C1. The smallest absolute Gasteiger partial charge is 0.323 e. The molecule has 0 radical (unpaired) electrons. The summed E-state index contributed by atoms with van der Waals surface area (Å²) in [6.07, 6.45) is 5.07. The van der Waals surface area contributed by atoms with Crippen molar-refractivity contribution in [2.24, 2.45) is 13.0 Å². The molecule has 8 nitrogen and oxygen atoms in total. The molecule has 2 atom stereocenters. The van der Waals surface area contributed by atoms with Crippen molar-refractivity contribution >= 4 is 11.8 Å². The molecule has 0 aromatic carbocycles. The highest BCUT2D eigenvalue weighted by atomic mass is 16.2. The molecule has 2 aliphatic heterocycles. The van der Waals surface area contributed by atoms with Crippen LogP contribution in [-0.2, 0) is 7.05 Å². The highest BCUT2D eigenvalue weighted by Gasteiger charge is 2.31. The van der Waals surface area contributed by atoms with E-state index < -0.39 is 0 Å². The van der Waals surface area contributed by atoms with Gasteiger partial charge < -0.3 is 4.90 Å². The first kappa shape index (κ1) is 17.0. The van der Waals surface area contributed by atoms with Gasteiger partial charge in [0.1, 0.15) is 11.5 Å². The number of nitrogens with one attached hydrogen (secondary N) is 3. The number of rotatable bonds is 3. The van der Waals surface area contributed by atoms with E-state index in [1.54, 1.807) is 10.9 Å². The monoisotopic (exact) mass is 355 g/mol. The number of hydrogen-bond acceptors (Lipinski definition) is 5. The second kappa shape index (κ2) is 7.43. The molecule has 2 aromatic rings. The maximum Gasteiger partial charge on any atom is 0.323 e. The molecule has 0 bridgehead atoms. The van der Waals surface area contributed by atoms with E-state index in [0.29, 0.717) is 17.8 Å². The molecule has 4 heterocycles. The van der Waals surface area contributed by atoms with Crippen LogP contribution in [0.3, 0.4) is 0 Å². The van der Waals surface area contributed by atoms with Gasteiger partial charge in [-0.2, -0.15) is 5.10 Å². The normalized spacial score (nSPS) is 23.2. The van der Waals surface area contributed by atoms with Crippen molar-refractivity contribution in [2.75, 3.05) is 25.0 Å². The summed E-state index contributed by atoms with van der Waals surface area (Å²) in [5.41, 5.74) is 8.07. The Kier molecular flexibility index (Phi) is 4.85. The molecule has 0 spiro atoms. The van der Waals surface area contributed by atoms with Gasteiger partial charge in [0.25, 0.3) is 0 Å². The van der Waals surface area contributed by atoms with E-state index in [4.69, 9.17) is 0 Å². The Bertz CT molecular complexity index is 754. The van der Waals surface area contributed by atoms with Crippen LogP contribution >= 0.6 is 0 Å². The van der Waals surface area contributed by atoms with Gasteiger partial charge in [0.2, 0.25) is 0 Å². The first-order valence-corrected chi connectivity index (χ1v) is 9.20. The van der Waals surface area contributed by atoms with Crippen LogP contribution in [0.2, 0.25) is 0 Å². The molecule has 2 aliphatic rings. The number of amides is 2. The topological polar surface area (TPSA) is 87.1 Å². The lowest BCUT2D eigenvalue weighted by Gasteiger charge is -2.35. The summed E-state index contributed by atoms with van der Waals surface area (Å²) in [5.74, 6) is 1.18. The third kappa shape index (κ3) is 3.56. The minimum atomic E-state index is -0.0590. The van der Waals surface area contributed by atoms with Crippen LogP contribution in [-0.4, -0.2) is 51.4 Å². The van der Waals surface area contributed by atoms with Crippen LogP contribution in [0, 0.1) is 5.92 Å². The number of pyridine rings is 1. The molecular formula is C18H25N7O. The van der Waals surface area contributed by atoms with E-state index in [9.17, 15) is 4.79 Å². The minimum absolute atomic E-state index is 0.0590. The molecule has 2 saturated heterocycles. The third-order valence-electron chi connectivity index (χ3n) is 5.22. The van der Waals surface area contributed by atoms with Crippen molar-refractivity contribution in [1.29, 1.82) is 0 Å². The highest BCUT2D eigenvalue weighted by Crippen LogP contribution is 2.24. The average molecular weight is 355 g/mol. The van der Waals surface area contributed by atoms with Crippen molar-refractivity contribution in [3.63, 3.8) is 0 Å². The molecular weight excluding hydrogens is 330 g/mol. The number of nitrogens with zero attached hydrogens (tertiary/aromatic N) is 4. The Morgan fingerprint density at radius 3 is 3.00 bits per heavy atom. The summed E-state index contributed by atoms with van der Waals surface area (Å²) in [6.45, 7) is 2.59. The van der Waals surface area contributed by atoms with Crippen LogP contribution in [0.5, 0.6) is 0 Å². The molecule has 2 unspecified atom stereocenters. The zero-order valence-corrected chi connectivity index (χ0v) is 15.0. The number of piperidine rings is 1. The molecule has 0 aliphatic carbocycles. The number of carbonyl (C=O) groups is 1. The first-order chi connectivity index (χ1) is 12.7. The zero-order valence-electron chi connectivity index (χ0n) is 15.0. The average Bonchev–Trinajstić information content (AvgIpc) is 3.33. The summed E-state index contributed by atoms with van der Waals surface area (Å²) in [5, 5.41) is 7.46. The van der Waals surface area contributed by atoms with Crippen LogP contribution in [0.4, 0.5) is 10.6 Å². The molecule has 2 amide bonds. The number of aryl methyl sites for hydroxylation is 1. The van der Waals surface area contributed by atoms with Crippen molar-refractivity contribution in [3.8, 4) is 11.4 Å². The third-order valence-corrected chi connectivity index (χ3v) is 5.22. The lowest BCUT2D eigenvalue weighted by molar-refractivity contribution is 0.162. The van der Waals surface area contributed by atoms with Crippen LogP contribution in [0.1, 0.15) is 19.3 Å². The van der Waals surface area contributed by atoms with Crippen LogP contribution in [0.25, 0.3) is 11.4 Å². The summed E-state index contributed by atoms with van der Waals surface area (Å²) in [6, 6.07) is 7.97. The van der Waals surface area contributed by atoms with Crippen molar-refractivity contribution in [3.05, 3.63) is 30.5 Å². The Labute approximate surface area is 152 Å². The summed E-state index contributed by atoms with van der Waals surface area (Å²) < 4.78 is 1.69. The van der Waals surface area contributed by atoms with E-state index in [-0.39, 0.29) is 6.03 Å². The summed E-state index contributed by atoms with van der Waals surface area (Å²) >= 11 is 0. The predicted octanol–water partition coefficient (Wildman–Crippen LogP) is 1.59. The van der Waals surface area contributed by atoms with Gasteiger partial charge in [-0.15, -0.1) is 0 Å². The Morgan fingerprint density at radius 2 is 2.23 bits per heavy atom. The van der Waals surface area contributed by atoms with Gasteiger partial charge in [0.15, 0.2) is 0 Å². The largest absolute Gasteiger partial charge is 0.324 e. The Balaban J connectivity index is 1.42. The van der Waals surface area contributed by atoms with E-state index in [0.717, 1.165) is 43.9 Å². The van der Waals surface area contributed by atoms with Crippen LogP contribution < -0.4 is 16.2 Å². The molecule has 2 aromatic heterocycles. The van der Waals surface area contributed by atoms with E-state index in [1.165, 1.54) is 6.42 Å². The van der Waals surface area contributed by atoms with Gasteiger partial charge in [0.05, 0.1) is 5.69 Å². The van der Waals surface area contributed by atoms with Crippen molar-refractivity contribution < 1.29 is 4.79 Å². The van der Waals surface area contributed by atoms with Gasteiger partial charge in [-0.1, -0.05) is 6.07 Å². The van der Waals surface area contributed by atoms with Gasteiger partial charge in [0, 0.05) is 45.0 Å². The second-order valence-electron chi connectivity index (χ2n) is 7.00. The number of hydrazine groups is 1. The standard InChI is InChI=1S/C18H25N7O/c1-24-17(11-16(23-24)15-6-2-3-8-19-15)21-18(26)25-10-4-5-13(12-25)14-7-9-20-22-14/h2-3,6,8,11,13-14,20,22H,4-5,7,9-10,12H2,1H3,(H,21,26). The number of likely N-dealkylation sites (tertiary alicyclic amines) is 1. The van der Waals surface area contributed by atoms with Gasteiger partial charge in [-0.05, 0) is 37.3 Å². The van der Waals surface area contributed by atoms with Crippen molar-refractivity contribution in [1.82, 2.24) is 30.5 Å². The maximum atomic E-state index is 12.7. The molecule has 138 valence electrons. The fraction of sp³-hybridized carbons (Fsp3) is 0.500. The molecule has 8 heteroatoms. The zero-order chi connectivity index (χ0) is 17.9. The molecule has 2 fully saturated rings. The minimum Gasteiger partial charge on any atom is -0.324 e. The molecule has 0 saturated carbocycles. The highest BCUT2D eigenvalue weighted by molar-refractivity contribution is 5.89. The number of carbonyl (C=O) groups excluding carboxylic acids is 1. The number of urea groups is 1. The lowest BCUT2D eigenvalue weighted by Crippen LogP contribution is -2.48. The molecule has 4 rings (SSSR count). The summed E-state index contributed by atoms with van der Waals surface area (Å²) in [4.78, 5) is 19.0. The number of aromatic nitrogens is 3. The Morgan fingerprint density at radius 1 is 1.31 bits per heavy atom. The van der Waals surface area contributed by atoms with E-state index >= 15 is 0 Å². The summed E-state index contributed by atoms with van der Waals surface area (Å²) in [7, 11) is 1.83. The Hall–Kier alpha value is -2.45. The molecule has 26 heavy (non-hydrogen) atoms. The van der Waals surface area contributed by atoms with Gasteiger partial charge in [-0.3, -0.25) is 25.8 Å². The predicted molar refractivity (Wildman–Crippen MR) is 99.3 cm³/mol.